The molecule has 0 saturated carbocycles. The number of aromatic nitrogens is 2. The Morgan fingerprint density at radius 2 is 2.16 bits per heavy atom. The van der Waals surface area contributed by atoms with E-state index in [2.05, 4.69) is 20.5 Å². The van der Waals surface area contributed by atoms with Crippen LogP contribution in [0.1, 0.15) is 17.7 Å². The second kappa shape index (κ2) is 8.96. The molecule has 0 aliphatic carbocycles. The molecule has 2 N–H and O–H groups in total. The fourth-order valence-electron chi connectivity index (χ4n) is 2.14. The summed E-state index contributed by atoms with van der Waals surface area (Å²) in [4.78, 5) is 0. The number of nitrogens with one attached hydrogen (secondary N) is 2. The van der Waals surface area contributed by atoms with Gasteiger partial charge in [0.25, 0.3) is 0 Å². The number of anilines is 1. The summed E-state index contributed by atoms with van der Waals surface area (Å²) in [6, 6.07) is 4.96. The van der Waals surface area contributed by atoms with Gasteiger partial charge in [-0.15, -0.1) is 0 Å². The van der Waals surface area contributed by atoms with Gasteiger partial charge in [0, 0.05) is 19.3 Å². The van der Waals surface area contributed by atoms with Gasteiger partial charge in [0.2, 0.25) is 0 Å². The minimum atomic E-state index is -2.90. The summed E-state index contributed by atoms with van der Waals surface area (Å²) in [6.45, 7) is 2.03. The van der Waals surface area contributed by atoms with E-state index in [1.54, 1.807) is 29.9 Å². The van der Waals surface area contributed by atoms with Gasteiger partial charge in [0.05, 0.1) is 16.4 Å². The average molecular weight is 389 g/mol. The molecule has 0 amide bonds. The molecule has 0 unspecified atom stereocenters. The number of ether oxygens (including phenoxy) is 1. The van der Waals surface area contributed by atoms with Crippen LogP contribution in [0.2, 0.25) is 5.02 Å². The fraction of sp³-hybridized carbons (Fsp3) is 0.375. The zero-order chi connectivity index (χ0) is 18.4. The lowest BCUT2D eigenvalue weighted by Crippen LogP contribution is -2.30. The van der Waals surface area contributed by atoms with Crippen molar-refractivity contribution in [1.29, 1.82) is 0 Å². The minimum Gasteiger partial charge on any atom is -0.433 e. The van der Waals surface area contributed by atoms with Crippen molar-refractivity contribution in [2.24, 2.45) is 0 Å². The number of thiocarbonyl (C=S) groups is 1. The Kier molecular flexibility index (Phi) is 6.95. The lowest BCUT2D eigenvalue weighted by Gasteiger charge is -2.15. The SMILES string of the molecule is Cc1ccc(NC(=S)NCCCn2cc(Cl)c(C)n2)c(OC(F)F)c1. The van der Waals surface area contributed by atoms with E-state index in [1.807, 2.05) is 6.92 Å². The lowest BCUT2D eigenvalue weighted by molar-refractivity contribution is -0.0493. The van der Waals surface area contributed by atoms with Crippen LogP contribution in [0.3, 0.4) is 0 Å². The van der Waals surface area contributed by atoms with Crippen LogP contribution >= 0.6 is 23.8 Å². The Bertz CT molecular complexity index is 719. The maximum atomic E-state index is 12.5. The maximum absolute atomic E-state index is 12.5. The monoisotopic (exact) mass is 388 g/mol. The summed E-state index contributed by atoms with van der Waals surface area (Å²) in [5, 5.41) is 11.1. The Morgan fingerprint density at radius 1 is 1.40 bits per heavy atom. The van der Waals surface area contributed by atoms with Gasteiger partial charge in [-0.1, -0.05) is 17.7 Å². The summed E-state index contributed by atoms with van der Waals surface area (Å²) < 4.78 is 31.3. The highest BCUT2D eigenvalue weighted by atomic mass is 35.5. The van der Waals surface area contributed by atoms with Crippen molar-refractivity contribution in [3.05, 3.63) is 40.7 Å². The van der Waals surface area contributed by atoms with Gasteiger partial charge in [-0.3, -0.25) is 4.68 Å². The molecule has 2 aromatic rings. The van der Waals surface area contributed by atoms with Gasteiger partial charge in [0.1, 0.15) is 5.75 Å². The predicted octanol–water partition coefficient (Wildman–Crippen LogP) is 4.13. The zero-order valence-corrected chi connectivity index (χ0v) is 15.4. The molecule has 0 radical (unpaired) electrons. The van der Waals surface area contributed by atoms with E-state index in [0.717, 1.165) is 17.7 Å². The Labute approximate surface area is 155 Å². The fourth-order valence-corrected chi connectivity index (χ4v) is 2.51. The Morgan fingerprint density at radius 3 is 2.80 bits per heavy atom. The minimum absolute atomic E-state index is 0.0563. The number of benzene rings is 1. The average Bonchev–Trinajstić information content (AvgIpc) is 2.84. The van der Waals surface area contributed by atoms with Crippen molar-refractivity contribution in [1.82, 2.24) is 15.1 Å². The van der Waals surface area contributed by atoms with Crippen molar-refractivity contribution in [2.75, 3.05) is 11.9 Å². The zero-order valence-electron chi connectivity index (χ0n) is 13.9. The van der Waals surface area contributed by atoms with Crippen molar-refractivity contribution in [2.45, 2.75) is 33.4 Å². The number of rotatable bonds is 7. The molecule has 0 bridgehead atoms. The van der Waals surface area contributed by atoms with Gasteiger partial charge >= 0.3 is 6.61 Å². The Balaban J connectivity index is 1.82. The Hall–Kier alpha value is -1.93. The molecular weight excluding hydrogens is 370 g/mol. The van der Waals surface area contributed by atoms with Gasteiger partial charge in [-0.05, 0) is 50.2 Å². The summed E-state index contributed by atoms with van der Waals surface area (Å²) in [5.41, 5.74) is 1.99. The largest absolute Gasteiger partial charge is 0.433 e. The first kappa shape index (κ1) is 19.4. The molecule has 0 saturated heterocycles. The molecule has 1 aromatic heterocycles. The first-order valence-electron chi connectivity index (χ1n) is 7.65. The molecule has 2 rings (SSSR count). The van der Waals surface area contributed by atoms with Crippen molar-refractivity contribution in [3.8, 4) is 5.75 Å². The number of nitrogens with zero attached hydrogens (tertiary/aromatic N) is 2. The molecule has 9 heteroatoms. The van der Waals surface area contributed by atoms with Crippen molar-refractivity contribution < 1.29 is 13.5 Å². The van der Waals surface area contributed by atoms with Crippen LogP contribution in [-0.2, 0) is 6.54 Å². The van der Waals surface area contributed by atoms with Crippen molar-refractivity contribution >= 4 is 34.6 Å². The van der Waals surface area contributed by atoms with E-state index in [-0.39, 0.29) is 5.75 Å². The third-order valence-corrected chi connectivity index (χ3v) is 3.95. The van der Waals surface area contributed by atoms with Crippen LogP contribution in [-0.4, -0.2) is 28.0 Å². The van der Waals surface area contributed by atoms with E-state index in [0.29, 0.717) is 28.9 Å². The highest BCUT2D eigenvalue weighted by Gasteiger charge is 2.11. The van der Waals surface area contributed by atoms with Gasteiger partial charge in [0.15, 0.2) is 5.11 Å². The van der Waals surface area contributed by atoms with Crippen LogP contribution < -0.4 is 15.4 Å². The quantitative estimate of drug-likeness (QED) is 0.551. The summed E-state index contributed by atoms with van der Waals surface area (Å²) in [6.07, 6.45) is 2.54. The molecule has 25 heavy (non-hydrogen) atoms. The number of halogens is 3. The lowest BCUT2D eigenvalue weighted by atomic mass is 10.2. The molecule has 136 valence electrons. The maximum Gasteiger partial charge on any atom is 0.387 e. The smallest absolute Gasteiger partial charge is 0.387 e. The normalized spacial score (nSPS) is 10.8. The predicted molar refractivity (Wildman–Crippen MR) is 98.6 cm³/mol. The van der Waals surface area contributed by atoms with E-state index >= 15 is 0 Å². The first-order valence-corrected chi connectivity index (χ1v) is 8.43. The summed E-state index contributed by atoms with van der Waals surface area (Å²) in [7, 11) is 0. The molecule has 0 aliphatic rings. The second-order valence-electron chi connectivity index (χ2n) is 5.44. The molecule has 1 aromatic carbocycles. The van der Waals surface area contributed by atoms with E-state index in [9.17, 15) is 8.78 Å². The van der Waals surface area contributed by atoms with Crippen molar-refractivity contribution in [3.63, 3.8) is 0 Å². The number of hydrogen-bond acceptors (Lipinski definition) is 3. The van der Waals surface area contributed by atoms with Crippen LogP contribution in [0.15, 0.2) is 24.4 Å². The summed E-state index contributed by atoms with van der Waals surface area (Å²) in [5.74, 6) is 0.0563. The molecule has 0 fully saturated rings. The van der Waals surface area contributed by atoms with Crippen LogP contribution in [0.25, 0.3) is 0 Å². The third kappa shape index (κ3) is 6.13. The van der Waals surface area contributed by atoms with Gasteiger partial charge in [-0.2, -0.15) is 13.9 Å². The molecule has 5 nitrogen and oxygen atoms in total. The number of alkyl halides is 2. The highest BCUT2D eigenvalue weighted by Crippen LogP contribution is 2.27. The van der Waals surface area contributed by atoms with Gasteiger partial charge < -0.3 is 15.4 Å². The van der Waals surface area contributed by atoms with E-state index in [1.165, 1.54) is 6.07 Å². The number of hydrogen-bond donors (Lipinski definition) is 2. The van der Waals surface area contributed by atoms with Gasteiger partial charge in [-0.25, -0.2) is 0 Å². The van der Waals surface area contributed by atoms with Crippen LogP contribution in [0.4, 0.5) is 14.5 Å². The topological polar surface area (TPSA) is 51.1 Å². The third-order valence-electron chi connectivity index (χ3n) is 3.34. The highest BCUT2D eigenvalue weighted by molar-refractivity contribution is 7.80. The van der Waals surface area contributed by atoms with Crippen LogP contribution in [0, 0.1) is 13.8 Å². The standard InChI is InChI=1S/C16H19ClF2N4OS/c1-10-4-5-13(14(8-10)24-15(18)19)21-16(25)20-6-3-7-23-9-12(17)11(2)22-23/h4-5,8-9,15H,3,6-7H2,1-2H3,(H2,20,21,25). The molecular formula is C16H19ClF2N4OS. The van der Waals surface area contributed by atoms with Crippen LogP contribution in [0.5, 0.6) is 5.75 Å². The number of aryl methyl sites for hydroxylation is 3. The first-order chi connectivity index (χ1) is 11.8. The summed E-state index contributed by atoms with van der Waals surface area (Å²) >= 11 is 11.1. The van der Waals surface area contributed by atoms with E-state index in [4.69, 9.17) is 23.8 Å². The molecule has 0 aliphatic heterocycles. The second-order valence-corrected chi connectivity index (χ2v) is 6.25. The molecule has 0 spiro atoms. The van der Waals surface area contributed by atoms with E-state index < -0.39 is 6.61 Å². The molecule has 0 atom stereocenters. The molecule has 1 heterocycles.